The third kappa shape index (κ3) is 3.01. The fourth-order valence-electron chi connectivity index (χ4n) is 1.35. The Morgan fingerprint density at radius 3 is 2.89 bits per heavy atom. The van der Waals surface area contributed by atoms with Crippen LogP contribution in [0.25, 0.3) is 11.5 Å². The second kappa shape index (κ2) is 6.06. The minimum absolute atomic E-state index is 0.429. The number of nitrogens with one attached hydrogen (secondary N) is 1. The Kier molecular flexibility index (Phi) is 4.19. The summed E-state index contributed by atoms with van der Waals surface area (Å²) >= 11 is 0. The van der Waals surface area contributed by atoms with E-state index in [0.29, 0.717) is 29.8 Å². The Balaban J connectivity index is 2.04. The molecule has 2 aromatic rings. The molecule has 0 unspecified atom stereocenters. The van der Waals surface area contributed by atoms with Crippen LogP contribution in [0.2, 0.25) is 0 Å². The standard InChI is InChI=1S/C11H15N5O2/c1-3-6-12-7-10-13-11(16-18-10)8-4-5-9(17-2)15-14-8/h4-5,12H,3,6-7H2,1-2H3. The summed E-state index contributed by atoms with van der Waals surface area (Å²) in [7, 11) is 1.54. The molecule has 0 saturated carbocycles. The highest BCUT2D eigenvalue weighted by molar-refractivity contribution is 5.47. The Hall–Kier alpha value is -2.02. The van der Waals surface area contributed by atoms with Crippen LogP contribution in [-0.4, -0.2) is 34.0 Å². The van der Waals surface area contributed by atoms with Crippen LogP contribution in [0.1, 0.15) is 19.2 Å². The van der Waals surface area contributed by atoms with E-state index in [1.54, 1.807) is 12.1 Å². The maximum atomic E-state index is 5.10. The number of rotatable bonds is 6. The van der Waals surface area contributed by atoms with Crippen molar-refractivity contribution in [1.29, 1.82) is 0 Å². The molecule has 18 heavy (non-hydrogen) atoms. The molecular weight excluding hydrogens is 234 g/mol. The normalized spacial score (nSPS) is 10.6. The predicted molar refractivity (Wildman–Crippen MR) is 63.9 cm³/mol. The minimum atomic E-state index is 0.429. The molecule has 1 N–H and O–H groups in total. The SMILES string of the molecule is CCCNCc1nc(-c2ccc(OC)nn2)no1. The number of hydrogen-bond donors (Lipinski definition) is 1. The molecule has 7 nitrogen and oxygen atoms in total. The lowest BCUT2D eigenvalue weighted by Crippen LogP contribution is -2.13. The van der Waals surface area contributed by atoms with E-state index in [0.717, 1.165) is 13.0 Å². The van der Waals surface area contributed by atoms with E-state index in [-0.39, 0.29) is 0 Å². The summed E-state index contributed by atoms with van der Waals surface area (Å²) in [4.78, 5) is 4.22. The van der Waals surface area contributed by atoms with E-state index >= 15 is 0 Å². The highest BCUT2D eigenvalue weighted by atomic mass is 16.5. The summed E-state index contributed by atoms with van der Waals surface area (Å²) in [6, 6.07) is 3.44. The summed E-state index contributed by atoms with van der Waals surface area (Å²) in [5.74, 6) is 1.42. The van der Waals surface area contributed by atoms with Crippen molar-refractivity contribution in [2.24, 2.45) is 0 Å². The van der Waals surface area contributed by atoms with Crippen molar-refractivity contribution in [3.05, 3.63) is 18.0 Å². The lowest BCUT2D eigenvalue weighted by atomic mass is 10.4. The van der Waals surface area contributed by atoms with Crippen LogP contribution in [-0.2, 0) is 6.54 Å². The molecule has 0 radical (unpaired) electrons. The molecule has 0 atom stereocenters. The lowest BCUT2D eigenvalue weighted by Gasteiger charge is -1.96. The molecule has 0 aliphatic carbocycles. The number of hydrogen-bond acceptors (Lipinski definition) is 7. The van der Waals surface area contributed by atoms with E-state index in [9.17, 15) is 0 Å². The Bertz CT molecular complexity index is 482. The quantitative estimate of drug-likeness (QED) is 0.765. The molecule has 2 heterocycles. The van der Waals surface area contributed by atoms with Gasteiger partial charge in [-0.25, -0.2) is 0 Å². The molecule has 0 aliphatic heterocycles. The molecule has 0 bridgehead atoms. The molecule has 0 aliphatic rings. The number of aromatic nitrogens is 4. The minimum Gasteiger partial charge on any atom is -0.480 e. The van der Waals surface area contributed by atoms with E-state index in [2.05, 4.69) is 32.6 Å². The zero-order chi connectivity index (χ0) is 12.8. The first kappa shape index (κ1) is 12.4. The maximum Gasteiger partial charge on any atom is 0.240 e. The zero-order valence-electron chi connectivity index (χ0n) is 10.4. The summed E-state index contributed by atoms with van der Waals surface area (Å²) in [6.45, 7) is 3.57. The highest BCUT2D eigenvalue weighted by Crippen LogP contribution is 2.14. The second-order valence-corrected chi connectivity index (χ2v) is 3.65. The van der Waals surface area contributed by atoms with Gasteiger partial charge in [-0.05, 0) is 19.0 Å². The predicted octanol–water partition coefficient (Wildman–Crippen LogP) is 1.03. The van der Waals surface area contributed by atoms with E-state index < -0.39 is 0 Å². The summed E-state index contributed by atoms with van der Waals surface area (Å²) in [6.07, 6.45) is 1.06. The van der Waals surface area contributed by atoms with Crippen molar-refractivity contribution >= 4 is 0 Å². The molecule has 0 saturated heterocycles. The fraction of sp³-hybridized carbons (Fsp3) is 0.455. The molecule has 96 valence electrons. The Morgan fingerprint density at radius 2 is 2.22 bits per heavy atom. The van der Waals surface area contributed by atoms with E-state index in [4.69, 9.17) is 9.26 Å². The van der Waals surface area contributed by atoms with Gasteiger partial charge in [0, 0.05) is 6.07 Å². The number of nitrogens with zero attached hydrogens (tertiary/aromatic N) is 4. The highest BCUT2D eigenvalue weighted by Gasteiger charge is 2.10. The first-order valence-corrected chi connectivity index (χ1v) is 5.75. The molecule has 7 heteroatoms. The van der Waals surface area contributed by atoms with Crippen molar-refractivity contribution in [1.82, 2.24) is 25.7 Å². The van der Waals surface area contributed by atoms with Gasteiger partial charge >= 0.3 is 0 Å². The van der Waals surface area contributed by atoms with E-state index in [1.807, 2.05) is 0 Å². The summed E-state index contributed by atoms with van der Waals surface area (Å²) in [5.41, 5.74) is 0.557. The largest absolute Gasteiger partial charge is 0.480 e. The molecule has 0 fully saturated rings. The lowest BCUT2D eigenvalue weighted by molar-refractivity contribution is 0.368. The van der Waals surface area contributed by atoms with Gasteiger partial charge in [0.25, 0.3) is 0 Å². The smallest absolute Gasteiger partial charge is 0.240 e. The van der Waals surface area contributed by atoms with E-state index in [1.165, 1.54) is 7.11 Å². The zero-order valence-corrected chi connectivity index (χ0v) is 10.4. The molecule has 0 spiro atoms. The van der Waals surface area contributed by atoms with Crippen LogP contribution in [0, 0.1) is 0 Å². The van der Waals surface area contributed by atoms with Crippen molar-refractivity contribution in [2.45, 2.75) is 19.9 Å². The average Bonchev–Trinajstić information content (AvgIpc) is 2.88. The third-order valence-electron chi connectivity index (χ3n) is 2.25. The number of methoxy groups -OCH3 is 1. The van der Waals surface area contributed by atoms with Gasteiger partial charge in [0.15, 0.2) is 0 Å². The van der Waals surface area contributed by atoms with Crippen LogP contribution in [0.15, 0.2) is 16.7 Å². The second-order valence-electron chi connectivity index (χ2n) is 3.65. The van der Waals surface area contributed by atoms with Gasteiger partial charge in [-0.3, -0.25) is 0 Å². The van der Waals surface area contributed by atoms with Crippen LogP contribution >= 0.6 is 0 Å². The van der Waals surface area contributed by atoms with Gasteiger partial charge in [0.2, 0.25) is 17.6 Å². The topological polar surface area (TPSA) is 86.0 Å². The van der Waals surface area contributed by atoms with Crippen LogP contribution in [0.5, 0.6) is 5.88 Å². The molecular formula is C11H15N5O2. The summed E-state index contributed by atoms with van der Waals surface area (Å²) < 4.78 is 10.0. The Morgan fingerprint density at radius 1 is 1.33 bits per heavy atom. The summed E-state index contributed by atoms with van der Waals surface area (Å²) in [5, 5.41) is 14.8. The van der Waals surface area contributed by atoms with Crippen molar-refractivity contribution in [2.75, 3.05) is 13.7 Å². The molecule has 0 aromatic carbocycles. The average molecular weight is 249 g/mol. The van der Waals surface area contributed by atoms with Gasteiger partial charge in [-0.1, -0.05) is 12.1 Å². The van der Waals surface area contributed by atoms with Crippen molar-refractivity contribution in [3.63, 3.8) is 0 Å². The molecule has 0 amide bonds. The van der Waals surface area contributed by atoms with Gasteiger partial charge in [-0.2, -0.15) is 4.98 Å². The molecule has 2 aromatic heterocycles. The van der Waals surface area contributed by atoms with Crippen LogP contribution in [0.3, 0.4) is 0 Å². The van der Waals surface area contributed by atoms with Crippen molar-refractivity contribution in [3.8, 4) is 17.4 Å². The fourth-order valence-corrected chi connectivity index (χ4v) is 1.35. The first-order chi connectivity index (χ1) is 8.83. The Labute approximate surface area is 105 Å². The van der Waals surface area contributed by atoms with Crippen LogP contribution in [0.4, 0.5) is 0 Å². The van der Waals surface area contributed by atoms with Gasteiger partial charge < -0.3 is 14.6 Å². The molecule has 2 rings (SSSR count). The van der Waals surface area contributed by atoms with Gasteiger partial charge in [0.1, 0.15) is 5.69 Å². The first-order valence-electron chi connectivity index (χ1n) is 5.75. The van der Waals surface area contributed by atoms with Crippen LogP contribution < -0.4 is 10.1 Å². The number of ether oxygens (including phenoxy) is 1. The van der Waals surface area contributed by atoms with Gasteiger partial charge in [0.05, 0.1) is 13.7 Å². The van der Waals surface area contributed by atoms with Gasteiger partial charge in [-0.15, -0.1) is 10.2 Å². The third-order valence-corrected chi connectivity index (χ3v) is 2.25. The maximum absolute atomic E-state index is 5.10. The monoisotopic (exact) mass is 249 g/mol. The van der Waals surface area contributed by atoms with Crippen molar-refractivity contribution < 1.29 is 9.26 Å².